The fourth-order valence-electron chi connectivity index (χ4n) is 2.67. The number of hydrogen-bond donors (Lipinski definition) is 1. The molecule has 4 rings (SSSR count). The molecule has 0 aliphatic carbocycles. The van der Waals surface area contributed by atoms with E-state index in [1.807, 2.05) is 47.8 Å². The quantitative estimate of drug-likeness (QED) is 0.328. The molecule has 1 N–H and O–H groups in total. The van der Waals surface area contributed by atoms with Crippen molar-refractivity contribution in [3.05, 3.63) is 59.6 Å². The van der Waals surface area contributed by atoms with Gasteiger partial charge in [-0.05, 0) is 50.2 Å². The van der Waals surface area contributed by atoms with E-state index in [-0.39, 0.29) is 0 Å². The van der Waals surface area contributed by atoms with Gasteiger partial charge in [0.05, 0.1) is 22.5 Å². The molecule has 5 nitrogen and oxygen atoms in total. The van der Waals surface area contributed by atoms with Gasteiger partial charge in [-0.1, -0.05) is 23.9 Å². The molecule has 4 aromatic rings. The molecule has 8 heteroatoms. The number of carboxylic acid groups (broad SMARTS) is 1. The van der Waals surface area contributed by atoms with Gasteiger partial charge in [-0.2, -0.15) is 0 Å². The first-order valence-electron chi connectivity index (χ1n) is 9.36. The third kappa shape index (κ3) is 4.83. The number of rotatable bonds is 8. The van der Waals surface area contributed by atoms with Crippen LogP contribution in [0.15, 0.2) is 58.3 Å². The number of benzene rings is 2. The zero-order chi connectivity index (χ0) is 21.1. The highest BCUT2D eigenvalue weighted by Gasteiger charge is 2.29. The van der Waals surface area contributed by atoms with E-state index in [1.165, 1.54) is 27.8 Å². The van der Waals surface area contributed by atoms with Gasteiger partial charge in [-0.25, -0.2) is 9.97 Å². The summed E-state index contributed by atoms with van der Waals surface area (Å²) < 4.78 is 6.91. The second-order valence-electron chi connectivity index (χ2n) is 7.13. The van der Waals surface area contributed by atoms with Crippen molar-refractivity contribution in [3.63, 3.8) is 0 Å². The first-order chi connectivity index (χ1) is 14.4. The Morgan fingerprint density at radius 3 is 2.63 bits per heavy atom. The molecule has 0 atom stereocenters. The summed E-state index contributed by atoms with van der Waals surface area (Å²) >= 11 is 4.42. The summed E-state index contributed by atoms with van der Waals surface area (Å²) in [6.07, 6.45) is 0.671. The van der Waals surface area contributed by atoms with Gasteiger partial charge in [0.25, 0.3) is 0 Å². The van der Waals surface area contributed by atoms with E-state index in [0.29, 0.717) is 13.0 Å². The summed E-state index contributed by atoms with van der Waals surface area (Å²) in [5.74, 6) is -0.0430. The minimum absolute atomic E-state index is 0.511. The van der Waals surface area contributed by atoms with Crippen LogP contribution in [0.3, 0.4) is 0 Å². The maximum absolute atomic E-state index is 11.3. The fourth-order valence-corrected chi connectivity index (χ4v) is 5.87. The number of thiazole rings is 2. The number of carboxylic acids is 1. The molecule has 30 heavy (non-hydrogen) atoms. The third-order valence-corrected chi connectivity index (χ3v) is 7.67. The predicted molar refractivity (Wildman–Crippen MR) is 124 cm³/mol. The molecule has 0 spiro atoms. The van der Waals surface area contributed by atoms with Crippen LogP contribution >= 0.6 is 34.4 Å². The molecule has 0 amide bonds. The van der Waals surface area contributed by atoms with Gasteiger partial charge < -0.3 is 9.84 Å². The Bertz CT molecular complexity index is 1130. The SMILES string of the molecule is CC(C)(Sc1nc(CCOc2ccc(-c3nc4ccccc4s3)cc2)cs1)C(=O)O. The van der Waals surface area contributed by atoms with E-state index in [9.17, 15) is 9.90 Å². The highest BCUT2D eigenvalue weighted by Crippen LogP contribution is 2.35. The van der Waals surface area contributed by atoms with Gasteiger partial charge in [0.2, 0.25) is 0 Å². The van der Waals surface area contributed by atoms with Crippen molar-refractivity contribution in [2.45, 2.75) is 29.4 Å². The smallest absolute Gasteiger partial charge is 0.319 e. The lowest BCUT2D eigenvalue weighted by molar-refractivity contribution is -0.138. The number of para-hydroxylation sites is 1. The largest absolute Gasteiger partial charge is 0.493 e. The topological polar surface area (TPSA) is 72.3 Å². The van der Waals surface area contributed by atoms with Crippen molar-refractivity contribution >= 4 is 50.6 Å². The lowest BCUT2D eigenvalue weighted by atomic mass is 10.2. The van der Waals surface area contributed by atoms with Gasteiger partial charge >= 0.3 is 5.97 Å². The number of carbonyl (C=O) groups is 1. The summed E-state index contributed by atoms with van der Waals surface area (Å²) in [5.41, 5.74) is 3.01. The first-order valence-corrected chi connectivity index (χ1v) is 11.9. The normalized spacial score (nSPS) is 11.7. The van der Waals surface area contributed by atoms with Gasteiger partial charge in [-0.15, -0.1) is 22.7 Å². The number of nitrogens with zero attached hydrogens (tertiary/aromatic N) is 2. The number of ether oxygens (including phenoxy) is 1. The van der Waals surface area contributed by atoms with Crippen molar-refractivity contribution in [3.8, 4) is 16.3 Å². The maximum atomic E-state index is 11.3. The van der Waals surface area contributed by atoms with Crippen LogP contribution in [0.2, 0.25) is 0 Å². The zero-order valence-electron chi connectivity index (χ0n) is 16.5. The zero-order valence-corrected chi connectivity index (χ0v) is 18.9. The van der Waals surface area contributed by atoms with Crippen LogP contribution < -0.4 is 4.74 Å². The number of aromatic nitrogens is 2. The molecule has 0 bridgehead atoms. The molecule has 2 aromatic heterocycles. The number of fused-ring (bicyclic) bond motifs is 1. The number of thioether (sulfide) groups is 1. The van der Waals surface area contributed by atoms with Crippen LogP contribution in [0.1, 0.15) is 19.5 Å². The summed E-state index contributed by atoms with van der Waals surface area (Å²) in [6.45, 7) is 3.88. The van der Waals surface area contributed by atoms with Crippen molar-refractivity contribution in [2.75, 3.05) is 6.61 Å². The van der Waals surface area contributed by atoms with Crippen LogP contribution in [0.5, 0.6) is 5.75 Å². The van der Waals surface area contributed by atoms with Crippen molar-refractivity contribution in [1.82, 2.24) is 9.97 Å². The number of aliphatic carboxylic acids is 1. The summed E-state index contributed by atoms with van der Waals surface area (Å²) in [4.78, 5) is 20.5. The average Bonchev–Trinajstić information content (AvgIpc) is 3.35. The second kappa shape index (κ2) is 8.75. The van der Waals surface area contributed by atoms with E-state index >= 15 is 0 Å². The molecular formula is C22H20N2O3S3. The molecular weight excluding hydrogens is 436 g/mol. The Morgan fingerprint density at radius 1 is 1.13 bits per heavy atom. The van der Waals surface area contributed by atoms with E-state index in [0.717, 1.165) is 31.9 Å². The van der Waals surface area contributed by atoms with Crippen molar-refractivity contribution in [2.24, 2.45) is 0 Å². The molecule has 0 saturated heterocycles. The Kier molecular flexibility index (Phi) is 6.08. The van der Waals surface area contributed by atoms with Crippen molar-refractivity contribution in [1.29, 1.82) is 0 Å². The highest BCUT2D eigenvalue weighted by atomic mass is 32.2. The monoisotopic (exact) mass is 456 g/mol. The second-order valence-corrected chi connectivity index (χ2v) is 10.9. The molecule has 154 valence electrons. The maximum Gasteiger partial charge on any atom is 0.319 e. The molecule has 2 heterocycles. The van der Waals surface area contributed by atoms with Crippen LogP contribution in [0.25, 0.3) is 20.8 Å². The lowest BCUT2D eigenvalue weighted by Gasteiger charge is -2.15. The van der Waals surface area contributed by atoms with Crippen LogP contribution in [0, 0.1) is 0 Å². The minimum atomic E-state index is -0.892. The molecule has 2 aromatic carbocycles. The van der Waals surface area contributed by atoms with Crippen LogP contribution in [-0.4, -0.2) is 32.4 Å². The van der Waals surface area contributed by atoms with Gasteiger partial charge in [-0.3, -0.25) is 4.79 Å². The van der Waals surface area contributed by atoms with E-state index < -0.39 is 10.7 Å². The molecule has 0 saturated carbocycles. The summed E-state index contributed by atoms with van der Waals surface area (Å²) in [6, 6.07) is 16.1. The minimum Gasteiger partial charge on any atom is -0.493 e. The first kappa shape index (κ1) is 20.8. The number of hydrogen-bond acceptors (Lipinski definition) is 7. The average molecular weight is 457 g/mol. The highest BCUT2D eigenvalue weighted by molar-refractivity contribution is 8.03. The van der Waals surface area contributed by atoms with Crippen molar-refractivity contribution < 1.29 is 14.6 Å². The predicted octanol–water partition coefficient (Wildman–Crippen LogP) is 6.00. The lowest BCUT2D eigenvalue weighted by Crippen LogP contribution is -2.26. The van der Waals surface area contributed by atoms with E-state index in [2.05, 4.69) is 16.0 Å². The summed E-state index contributed by atoms with van der Waals surface area (Å²) in [7, 11) is 0. The van der Waals surface area contributed by atoms with Gasteiger partial charge in [0.1, 0.15) is 15.5 Å². The third-order valence-electron chi connectivity index (χ3n) is 4.41. The van der Waals surface area contributed by atoms with Gasteiger partial charge in [0, 0.05) is 17.4 Å². The van der Waals surface area contributed by atoms with Gasteiger partial charge in [0.15, 0.2) is 4.34 Å². The Balaban J connectivity index is 1.32. The Labute approximate surface area is 186 Å². The molecule has 0 fully saturated rings. The molecule has 0 aliphatic rings. The molecule has 0 aliphatic heterocycles. The summed E-state index contributed by atoms with van der Waals surface area (Å²) in [5, 5.41) is 12.2. The Morgan fingerprint density at radius 2 is 1.90 bits per heavy atom. The van der Waals surface area contributed by atoms with E-state index in [1.54, 1.807) is 25.2 Å². The fraction of sp³-hybridized carbons (Fsp3) is 0.227. The molecule has 0 radical (unpaired) electrons. The van der Waals surface area contributed by atoms with E-state index in [4.69, 9.17) is 4.74 Å². The van der Waals surface area contributed by atoms with Crippen LogP contribution in [0.4, 0.5) is 0 Å². The molecule has 0 unspecified atom stereocenters. The standard InChI is InChI=1S/C22H20N2O3S3/c1-22(2,20(25)26)30-21-23-15(13-28-21)11-12-27-16-9-7-14(8-10-16)19-24-17-5-3-4-6-18(17)29-19/h3-10,13H,11-12H2,1-2H3,(H,25,26). The Hall–Kier alpha value is -2.42. The van der Waals surface area contributed by atoms with Crippen LogP contribution in [-0.2, 0) is 11.2 Å².